The van der Waals surface area contributed by atoms with E-state index in [-0.39, 0.29) is 5.56 Å². The van der Waals surface area contributed by atoms with Crippen molar-refractivity contribution in [2.75, 3.05) is 18.1 Å². The summed E-state index contributed by atoms with van der Waals surface area (Å²) < 4.78 is 5.69. The molecule has 1 aliphatic heterocycles. The van der Waals surface area contributed by atoms with Gasteiger partial charge in [0.1, 0.15) is 18.2 Å². The molecule has 5 heteroatoms. The van der Waals surface area contributed by atoms with E-state index < -0.39 is 5.97 Å². The molecular weight excluding hydrogens is 256 g/mol. The van der Waals surface area contributed by atoms with Crippen LogP contribution in [-0.4, -0.2) is 29.2 Å². The standard InChI is InChI=1S/C15H14N2O3/c18-15(19)11-5-6-16-14(9-11)17-7-8-20-13-4-2-1-3-12(13)10-17/h1-6,9H,7-8,10H2,(H,18,19). The summed E-state index contributed by atoms with van der Waals surface area (Å²) >= 11 is 0. The van der Waals surface area contributed by atoms with E-state index in [1.54, 1.807) is 6.07 Å². The maximum Gasteiger partial charge on any atom is 0.335 e. The number of nitrogens with zero attached hydrogens (tertiary/aromatic N) is 2. The SMILES string of the molecule is O=C(O)c1ccnc(N2CCOc3ccccc3C2)c1. The number of benzene rings is 1. The van der Waals surface area contributed by atoms with Crippen LogP contribution in [0.1, 0.15) is 15.9 Å². The monoisotopic (exact) mass is 270 g/mol. The van der Waals surface area contributed by atoms with Gasteiger partial charge >= 0.3 is 5.97 Å². The average Bonchev–Trinajstić information content (AvgIpc) is 2.69. The largest absolute Gasteiger partial charge is 0.491 e. The van der Waals surface area contributed by atoms with Crippen molar-refractivity contribution >= 4 is 11.8 Å². The topological polar surface area (TPSA) is 62.7 Å². The fourth-order valence-electron chi connectivity index (χ4n) is 2.25. The Hall–Kier alpha value is -2.56. The van der Waals surface area contributed by atoms with Crippen LogP contribution in [0, 0.1) is 0 Å². The molecule has 1 aliphatic rings. The molecule has 5 nitrogen and oxygen atoms in total. The first kappa shape index (κ1) is 12.5. The maximum atomic E-state index is 11.0. The normalized spacial score (nSPS) is 14.1. The van der Waals surface area contributed by atoms with E-state index >= 15 is 0 Å². The number of carboxylic acid groups (broad SMARTS) is 1. The molecule has 0 fully saturated rings. The highest BCUT2D eigenvalue weighted by Crippen LogP contribution is 2.25. The molecule has 2 aromatic rings. The van der Waals surface area contributed by atoms with Crippen molar-refractivity contribution < 1.29 is 14.6 Å². The lowest BCUT2D eigenvalue weighted by atomic mass is 10.2. The minimum absolute atomic E-state index is 0.244. The summed E-state index contributed by atoms with van der Waals surface area (Å²) in [7, 11) is 0. The number of rotatable bonds is 2. The molecule has 2 heterocycles. The molecule has 0 unspecified atom stereocenters. The third kappa shape index (κ3) is 2.42. The minimum atomic E-state index is -0.944. The Kier molecular flexibility index (Phi) is 3.25. The summed E-state index contributed by atoms with van der Waals surface area (Å²) in [6.07, 6.45) is 1.52. The molecule has 1 aromatic heterocycles. The quantitative estimate of drug-likeness (QED) is 0.906. The predicted molar refractivity (Wildman–Crippen MR) is 74.2 cm³/mol. The second kappa shape index (κ2) is 5.21. The predicted octanol–water partition coefficient (Wildman–Crippen LogP) is 2.18. The smallest absolute Gasteiger partial charge is 0.335 e. The molecule has 0 saturated carbocycles. The zero-order valence-corrected chi connectivity index (χ0v) is 10.8. The first-order valence-electron chi connectivity index (χ1n) is 6.39. The number of carbonyl (C=O) groups is 1. The number of ether oxygens (including phenoxy) is 1. The summed E-state index contributed by atoms with van der Waals surface area (Å²) in [6, 6.07) is 10.9. The number of hydrogen-bond acceptors (Lipinski definition) is 4. The van der Waals surface area contributed by atoms with E-state index in [9.17, 15) is 4.79 Å². The van der Waals surface area contributed by atoms with Gasteiger partial charge in [0.05, 0.1) is 12.1 Å². The second-order valence-corrected chi connectivity index (χ2v) is 4.59. The third-order valence-corrected chi connectivity index (χ3v) is 3.27. The fraction of sp³-hybridized carbons (Fsp3) is 0.200. The Morgan fingerprint density at radius 1 is 1.30 bits per heavy atom. The zero-order valence-electron chi connectivity index (χ0n) is 10.8. The number of pyridine rings is 1. The second-order valence-electron chi connectivity index (χ2n) is 4.59. The molecule has 0 amide bonds. The van der Waals surface area contributed by atoms with Crippen LogP contribution in [0.25, 0.3) is 0 Å². The van der Waals surface area contributed by atoms with Gasteiger partial charge in [-0.2, -0.15) is 0 Å². The summed E-state index contributed by atoms with van der Waals surface area (Å²) in [4.78, 5) is 17.3. The lowest BCUT2D eigenvalue weighted by Gasteiger charge is -2.21. The third-order valence-electron chi connectivity index (χ3n) is 3.27. The van der Waals surface area contributed by atoms with E-state index in [1.807, 2.05) is 29.2 Å². The van der Waals surface area contributed by atoms with Crippen molar-refractivity contribution in [2.45, 2.75) is 6.54 Å². The van der Waals surface area contributed by atoms with Crippen molar-refractivity contribution in [3.8, 4) is 5.75 Å². The first-order chi connectivity index (χ1) is 9.74. The Bertz CT molecular complexity index is 643. The lowest BCUT2D eigenvalue weighted by molar-refractivity contribution is 0.0697. The molecular formula is C15H14N2O3. The van der Waals surface area contributed by atoms with Crippen LogP contribution < -0.4 is 9.64 Å². The fourth-order valence-corrected chi connectivity index (χ4v) is 2.25. The van der Waals surface area contributed by atoms with Crippen LogP contribution in [0.4, 0.5) is 5.82 Å². The Morgan fingerprint density at radius 2 is 2.15 bits per heavy atom. The number of anilines is 1. The molecule has 0 saturated heterocycles. The molecule has 0 aliphatic carbocycles. The van der Waals surface area contributed by atoms with Gasteiger partial charge in [0.2, 0.25) is 0 Å². The van der Waals surface area contributed by atoms with E-state index in [0.717, 1.165) is 11.3 Å². The number of para-hydroxylation sites is 1. The van der Waals surface area contributed by atoms with Crippen LogP contribution in [-0.2, 0) is 6.54 Å². The molecule has 0 spiro atoms. The van der Waals surface area contributed by atoms with Crippen molar-refractivity contribution in [2.24, 2.45) is 0 Å². The summed E-state index contributed by atoms with van der Waals surface area (Å²) in [5.41, 5.74) is 1.32. The first-order valence-corrected chi connectivity index (χ1v) is 6.39. The van der Waals surface area contributed by atoms with E-state index in [2.05, 4.69) is 4.98 Å². The Labute approximate surface area is 116 Å². The van der Waals surface area contributed by atoms with Gasteiger partial charge in [0.15, 0.2) is 0 Å². The minimum Gasteiger partial charge on any atom is -0.491 e. The van der Waals surface area contributed by atoms with Crippen LogP contribution >= 0.6 is 0 Å². The van der Waals surface area contributed by atoms with Gasteiger partial charge in [0, 0.05) is 18.3 Å². The van der Waals surface area contributed by atoms with Gasteiger partial charge in [-0.1, -0.05) is 18.2 Å². The average molecular weight is 270 g/mol. The molecule has 0 atom stereocenters. The molecule has 102 valence electrons. The van der Waals surface area contributed by atoms with E-state index in [4.69, 9.17) is 9.84 Å². The van der Waals surface area contributed by atoms with E-state index in [0.29, 0.717) is 25.5 Å². The number of aromatic nitrogens is 1. The van der Waals surface area contributed by atoms with Gasteiger partial charge in [-0.15, -0.1) is 0 Å². The van der Waals surface area contributed by atoms with Crippen LogP contribution in [0.5, 0.6) is 5.75 Å². The number of hydrogen-bond donors (Lipinski definition) is 1. The van der Waals surface area contributed by atoms with Crippen molar-refractivity contribution in [1.82, 2.24) is 4.98 Å². The van der Waals surface area contributed by atoms with Gasteiger partial charge in [0.25, 0.3) is 0 Å². The lowest BCUT2D eigenvalue weighted by Crippen LogP contribution is -2.26. The molecule has 1 N–H and O–H groups in total. The Morgan fingerprint density at radius 3 is 3.00 bits per heavy atom. The molecule has 0 radical (unpaired) electrons. The van der Waals surface area contributed by atoms with Gasteiger partial charge in [-0.05, 0) is 18.2 Å². The van der Waals surface area contributed by atoms with Crippen LogP contribution in [0.3, 0.4) is 0 Å². The van der Waals surface area contributed by atoms with Crippen LogP contribution in [0.2, 0.25) is 0 Å². The van der Waals surface area contributed by atoms with Crippen LogP contribution in [0.15, 0.2) is 42.6 Å². The number of fused-ring (bicyclic) bond motifs is 1. The molecule has 20 heavy (non-hydrogen) atoms. The van der Waals surface area contributed by atoms with Crippen molar-refractivity contribution in [3.05, 3.63) is 53.7 Å². The highest BCUT2D eigenvalue weighted by atomic mass is 16.5. The number of aromatic carboxylic acids is 1. The molecule has 3 rings (SSSR count). The van der Waals surface area contributed by atoms with Crippen molar-refractivity contribution in [3.63, 3.8) is 0 Å². The molecule has 0 bridgehead atoms. The summed E-state index contributed by atoms with van der Waals surface area (Å²) in [6.45, 7) is 1.88. The van der Waals surface area contributed by atoms with Gasteiger partial charge < -0.3 is 14.7 Å². The van der Waals surface area contributed by atoms with Crippen molar-refractivity contribution in [1.29, 1.82) is 0 Å². The summed E-state index contributed by atoms with van der Waals surface area (Å²) in [5.74, 6) is 0.592. The molecule has 1 aromatic carbocycles. The summed E-state index contributed by atoms with van der Waals surface area (Å²) in [5, 5.41) is 9.05. The maximum absolute atomic E-state index is 11.0. The van der Waals surface area contributed by atoms with Gasteiger partial charge in [-0.25, -0.2) is 9.78 Å². The Balaban J connectivity index is 1.91. The highest BCUT2D eigenvalue weighted by molar-refractivity contribution is 5.88. The van der Waals surface area contributed by atoms with E-state index in [1.165, 1.54) is 12.3 Å². The highest BCUT2D eigenvalue weighted by Gasteiger charge is 2.17. The zero-order chi connectivity index (χ0) is 13.9. The van der Waals surface area contributed by atoms with Gasteiger partial charge in [-0.3, -0.25) is 0 Å². The number of carboxylic acids is 1.